The number of carbonyl (C=O) groups is 3. The summed E-state index contributed by atoms with van der Waals surface area (Å²) in [5.74, 6) is -6.75. The van der Waals surface area contributed by atoms with E-state index in [-0.39, 0.29) is 6.61 Å². The molecule has 4 fully saturated rings. The maximum atomic E-state index is 13.2. The molecule has 0 aromatic rings. The molecule has 2 saturated carbocycles. The Labute approximate surface area is 197 Å². The van der Waals surface area contributed by atoms with E-state index in [1.807, 2.05) is 0 Å². The average molecular weight is 477 g/mol. The summed E-state index contributed by atoms with van der Waals surface area (Å²) >= 11 is 0. The Morgan fingerprint density at radius 1 is 1.26 bits per heavy atom. The fourth-order valence-corrected chi connectivity index (χ4v) is 8.13. The van der Waals surface area contributed by atoms with Gasteiger partial charge in [-0.1, -0.05) is 25.0 Å². The van der Waals surface area contributed by atoms with Crippen molar-refractivity contribution < 1.29 is 43.9 Å². The number of hydrogen-bond acceptors (Lipinski definition) is 9. The number of carbonyl (C=O) groups excluding carboxylic acids is 3. The van der Waals surface area contributed by atoms with Gasteiger partial charge < -0.3 is 29.5 Å². The van der Waals surface area contributed by atoms with E-state index >= 15 is 0 Å². The molecule has 3 N–H and O–H groups in total. The normalized spacial score (nSPS) is 51.0. The molecule has 0 radical (unpaired) electrons. The molecule has 2 aliphatic heterocycles. The van der Waals surface area contributed by atoms with Gasteiger partial charge in [-0.05, 0) is 45.1 Å². The molecule has 2 heterocycles. The van der Waals surface area contributed by atoms with Crippen LogP contribution in [0.3, 0.4) is 0 Å². The maximum absolute atomic E-state index is 13.2. The van der Waals surface area contributed by atoms with Crippen LogP contribution in [0.1, 0.15) is 41.0 Å². The van der Waals surface area contributed by atoms with Crippen molar-refractivity contribution in [1.29, 1.82) is 0 Å². The number of aliphatic hydroxyl groups is 3. The molecule has 0 aromatic heterocycles. The Morgan fingerprint density at radius 2 is 1.94 bits per heavy atom. The van der Waals surface area contributed by atoms with E-state index in [9.17, 15) is 29.7 Å². The summed E-state index contributed by atoms with van der Waals surface area (Å²) in [7, 11) is 0. The van der Waals surface area contributed by atoms with Crippen molar-refractivity contribution in [2.24, 2.45) is 34.5 Å². The largest absolute Gasteiger partial charge is 0.459 e. The highest BCUT2D eigenvalue weighted by Gasteiger charge is 2.83. The molecular formula is C25H32O9. The molecule has 0 aromatic carbocycles. The molecular weight excluding hydrogens is 444 g/mol. The first-order valence-corrected chi connectivity index (χ1v) is 11.8. The SMILES string of the molecule is CC(C)=CC(=O)OC1C(=O)OC2CC3C(C)=CC(=O)C(O)C3(C)C3C4(O)OCC23C1C(C)C4O. The lowest BCUT2D eigenvalue weighted by Gasteiger charge is -2.68. The lowest BCUT2D eigenvalue weighted by molar-refractivity contribution is -0.339. The summed E-state index contributed by atoms with van der Waals surface area (Å²) in [6.07, 6.45) is -1.93. The van der Waals surface area contributed by atoms with Crippen LogP contribution in [0.15, 0.2) is 23.3 Å². The molecule has 1 spiro atoms. The van der Waals surface area contributed by atoms with Crippen LogP contribution in [0.4, 0.5) is 0 Å². The molecule has 9 nitrogen and oxygen atoms in total. The van der Waals surface area contributed by atoms with E-state index in [1.54, 1.807) is 34.6 Å². The Bertz CT molecular complexity index is 1030. The van der Waals surface area contributed by atoms with Crippen LogP contribution in [-0.2, 0) is 28.6 Å². The molecule has 11 atom stereocenters. The van der Waals surface area contributed by atoms with Gasteiger partial charge in [-0.2, -0.15) is 0 Å². The van der Waals surface area contributed by atoms with E-state index < -0.39 is 82.4 Å². The molecule has 186 valence electrons. The minimum absolute atomic E-state index is 0.0686. The van der Waals surface area contributed by atoms with Crippen molar-refractivity contribution in [3.05, 3.63) is 23.3 Å². The van der Waals surface area contributed by atoms with Gasteiger partial charge in [0.1, 0.15) is 18.3 Å². The minimum atomic E-state index is -2.07. The quantitative estimate of drug-likeness (QED) is 0.387. The Hall–Kier alpha value is -2.07. The van der Waals surface area contributed by atoms with Crippen LogP contribution in [0.25, 0.3) is 0 Å². The number of aliphatic hydroxyl groups excluding tert-OH is 2. The van der Waals surface area contributed by atoms with Crippen LogP contribution in [0.2, 0.25) is 0 Å². The Balaban J connectivity index is 1.70. The van der Waals surface area contributed by atoms with Crippen molar-refractivity contribution in [2.75, 3.05) is 6.61 Å². The smallest absolute Gasteiger partial charge is 0.348 e. The predicted octanol–water partition coefficient (Wildman–Crippen LogP) is 0.654. The molecule has 3 aliphatic carbocycles. The standard InChI is InChI=1S/C25H32O9/c1-10(2)6-16(27)34-18-17-12(4)19(28)25(31)22-23(5)13(11(3)7-14(26)20(23)29)8-15(33-21(18)30)24(17,22)9-32-25/h6-7,12-13,15,17-20,22,28-29,31H,8-9H2,1-5H3. The number of esters is 2. The highest BCUT2D eigenvalue weighted by atomic mass is 16.7. The summed E-state index contributed by atoms with van der Waals surface area (Å²) in [6, 6.07) is 0. The van der Waals surface area contributed by atoms with E-state index in [2.05, 4.69) is 0 Å². The van der Waals surface area contributed by atoms with Crippen LogP contribution in [0.5, 0.6) is 0 Å². The molecule has 34 heavy (non-hydrogen) atoms. The predicted molar refractivity (Wildman–Crippen MR) is 116 cm³/mol. The molecule has 5 rings (SSSR count). The van der Waals surface area contributed by atoms with E-state index in [4.69, 9.17) is 14.2 Å². The van der Waals surface area contributed by atoms with Crippen LogP contribution < -0.4 is 0 Å². The van der Waals surface area contributed by atoms with Gasteiger partial charge in [-0.3, -0.25) is 4.79 Å². The third kappa shape index (κ3) is 2.67. The van der Waals surface area contributed by atoms with E-state index in [0.29, 0.717) is 17.6 Å². The van der Waals surface area contributed by atoms with Crippen molar-refractivity contribution in [3.8, 4) is 0 Å². The first-order valence-electron chi connectivity index (χ1n) is 11.8. The molecule has 11 unspecified atom stereocenters. The van der Waals surface area contributed by atoms with Crippen molar-refractivity contribution in [3.63, 3.8) is 0 Å². The Morgan fingerprint density at radius 3 is 2.59 bits per heavy atom. The van der Waals surface area contributed by atoms with Crippen molar-refractivity contribution in [2.45, 2.75) is 71.2 Å². The van der Waals surface area contributed by atoms with Crippen LogP contribution >= 0.6 is 0 Å². The lowest BCUT2D eigenvalue weighted by atomic mass is 9.38. The topological polar surface area (TPSA) is 140 Å². The Kier molecular flexibility index (Phi) is 5.03. The fourth-order valence-electron chi connectivity index (χ4n) is 8.13. The minimum Gasteiger partial charge on any atom is -0.459 e. The summed E-state index contributed by atoms with van der Waals surface area (Å²) in [6.45, 7) is 8.59. The van der Waals surface area contributed by atoms with Gasteiger partial charge >= 0.3 is 11.9 Å². The number of allylic oxidation sites excluding steroid dienone is 2. The zero-order valence-corrected chi connectivity index (χ0v) is 20.0. The second-order valence-electron chi connectivity index (χ2n) is 11.3. The van der Waals surface area contributed by atoms with Crippen molar-refractivity contribution in [1.82, 2.24) is 0 Å². The monoisotopic (exact) mass is 476 g/mol. The number of ether oxygens (including phenoxy) is 3. The first-order chi connectivity index (χ1) is 15.8. The molecule has 5 aliphatic rings. The maximum Gasteiger partial charge on any atom is 0.348 e. The number of rotatable bonds is 2. The third-order valence-corrected chi connectivity index (χ3v) is 9.28. The van der Waals surface area contributed by atoms with Crippen LogP contribution in [-0.4, -0.2) is 69.9 Å². The first kappa shape index (κ1) is 23.7. The summed E-state index contributed by atoms with van der Waals surface area (Å²) in [5, 5.41) is 34.3. The summed E-state index contributed by atoms with van der Waals surface area (Å²) in [4.78, 5) is 38.5. The number of ketones is 1. The zero-order valence-electron chi connectivity index (χ0n) is 20.0. The summed E-state index contributed by atoms with van der Waals surface area (Å²) < 4.78 is 17.4. The van der Waals surface area contributed by atoms with Gasteiger partial charge in [-0.15, -0.1) is 0 Å². The molecule has 2 saturated heterocycles. The highest BCUT2D eigenvalue weighted by molar-refractivity contribution is 5.96. The van der Waals surface area contributed by atoms with Gasteiger partial charge in [0.15, 0.2) is 11.6 Å². The van der Waals surface area contributed by atoms with Gasteiger partial charge in [0.2, 0.25) is 6.10 Å². The average Bonchev–Trinajstić information content (AvgIpc) is 3.03. The van der Waals surface area contributed by atoms with E-state index in [1.165, 1.54) is 12.2 Å². The van der Waals surface area contributed by atoms with Gasteiger partial charge in [-0.25, -0.2) is 9.59 Å². The third-order valence-electron chi connectivity index (χ3n) is 9.28. The van der Waals surface area contributed by atoms with Gasteiger partial charge in [0.05, 0.1) is 6.61 Å². The highest BCUT2D eigenvalue weighted by Crippen LogP contribution is 2.73. The molecule has 0 amide bonds. The molecule has 2 bridgehead atoms. The van der Waals surface area contributed by atoms with Crippen molar-refractivity contribution >= 4 is 17.7 Å². The van der Waals surface area contributed by atoms with Gasteiger partial charge in [0, 0.05) is 28.7 Å². The number of fused-ring (bicyclic) bond motifs is 1. The molecule has 9 heteroatoms. The second kappa shape index (κ2) is 7.22. The zero-order chi connectivity index (χ0) is 25.0. The van der Waals surface area contributed by atoms with E-state index in [0.717, 1.165) is 0 Å². The van der Waals surface area contributed by atoms with Crippen LogP contribution in [0, 0.1) is 34.5 Å². The lowest BCUT2D eigenvalue weighted by Crippen LogP contribution is -2.78. The second-order valence-corrected chi connectivity index (χ2v) is 11.3. The summed E-state index contributed by atoms with van der Waals surface area (Å²) in [5.41, 5.74) is -0.859. The number of hydrogen-bond donors (Lipinski definition) is 3. The van der Waals surface area contributed by atoms with Gasteiger partial charge in [0.25, 0.3) is 0 Å². The fraction of sp³-hybridized carbons (Fsp3) is 0.720.